The molecule has 128 valence electrons. The van der Waals surface area contributed by atoms with Crippen LogP contribution in [0.2, 0.25) is 0 Å². The minimum Gasteiger partial charge on any atom is -0.377 e. The fraction of sp³-hybridized carbons (Fsp3) is 0.647. The highest BCUT2D eigenvalue weighted by Crippen LogP contribution is 2.23. The van der Waals surface area contributed by atoms with Gasteiger partial charge in [0.05, 0.1) is 12.6 Å². The molecule has 1 fully saturated rings. The Hall–Kier alpha value is -1.11. The van der Waals surface area contributed by atoms with Gasteiger partial charge in [-0.2, -0.15) is 0 Å². The summed E-state index contributed by atoms with van der Waals surface area (Å²) in [6.45, 7) is 11.4. The Balaban J connectivity index is 1.99. The molecule has 0 saturated carbocycles. The molecule has 23 heavy (non-hydrogen) atoms. The van der Waals surface area contributed by atoms with Crippen molar-refractivity contribution in [1.82, 2.24) is 19.7 Å². The van der Waals surface area contributed by atoms with Crippen LogP contribution in [0.15, 0.2) is 29.5 Å². The largest absolute Gasteiger partial charge is 0.377 e. The molecule has 2 heterocycles. The van der Waals surface area contributed by atoms with Crippen LogP contribution in [0.3, 0.4) is 0 Å². The lowest BCUT2D eigenvalue weighted by Crippen LogP contribution is -2.22. The van der Waals surface area contributed by atoms with Crippen LogP contribution >= 0.6 is 11.8 Å². The van der Waals surface area contributed by atoms with Crippen LogP contribution < -0.4 is 0 Å². The zero-order chi connectivity index (χ0) is 16.7. The fourth-order valence-corrected chi connectivity index (χ4v) is 3.64. The van der Waals surface area contributed by atoms with Gasteiger partial charge in [0.1, 0.15) is 5.82 Å². The van der Waals surface area contributed by atoms with E-state index in [9.17, 15) is 0 Å². The number of hydrogen-bond acceptors (Lipinski definition) is 5. The Labute approximate surface area is 143 Å². The van der Waals surface area contributed by atoms with Crippen molar-refractivity contribution in [1.29, 1.82) is 0 Å². The van der Waals surface area contributed by atoms with E-state index < -0.39 is 0 Å². The van der Waals surface area contributed by atoms with Gasteiger partial charge >= 0.3 is 0 Å². The lowest BCUT2D eigenvalue weighted by Gasteiger charge is -2.17. The molecule has 0 spiro atoms. The van der Waals surface area contributed by atoms with E-state index >= 15 is 0 Å². The van der Waals surface area contributed by atoms with Crippen LogP contribution in [0.5, 0.6) is 0 Å². The molecule has 5 nitrogen and oxygen atoms in total. The van der Waals surface area contributed by atoms with Gasteiger partial charge in [-0.25, -0.2) is 0 Å². The summed E-state index contributed by atoms with van der Waals surface area (Å²) in [5.41, 5.74) is 1.36. The van der Waals surface area contributed by atoms with Crippen LogP contribution in [0.25, 0.3) is 0 Å². The van der Waals surface area contributed by atoms with Gasteiger partial charge in [0.15, 0.2) is 5.16 Å². The van der Waals surface area contributed by atoms with Crippen molar-refractivity contribution in [3.8, 4) is 0 Å². The Bertz CT molecular complexity index is 535. The van der Waals surface area contributed by atoms with Gasteiger partial charge in [-0.15, -0.1) is 16.8 Å². The number of thioether (sulfide) groups is 1. The first-order valence-electron chi connectivity index (χ1n) is 8.21. The molecule has 0 amide bonds. The maximum Gasteiger partial charge on any atom is 0.191 e. The quantitative estimate of drug-likeness (QED) is 0.512. The normalized spacial score (nSPS) is 18.8. The third-order valence-corrected chi connectivity index (χ3v) is 5.05. The molecular weight excluding hydrogens is 308 g/mol. The van der Waals surface area contributed by atoms with E-state index in [0.29, 0.717) is 6.10 Å². The van der Waals surface area contributed by atoms with Crippen LogP contribution in [0.1, 0.15) is 32.5 Å². The molecular formula is C17H28N4OS. The van der Waals surface area contributed by atoms with E-state index in [1.165, 1.54) is 12.0 Å². The minimum atomic E-state index is 0.359. The Morgan fingerprint density at radius 3 is 3.00 bits per heavy atom. The smallest absolute Gasteiger partial charge is 0.191 e. The number of allylic oxidation sites excluding steroid dienone is 2. The molecule has 1 aromatic rings. The zero-order valence-electron chi connectivity index (χ0n) is 14.5. The van der Waals surface area contributed by atoms with Crippen LogP contribution in [0.4, 0.5) is 0 Å². The van der Waals surface area contributed by atoms with E-state index in [1.807, 2.05) is 6.08 Å². The van der Waals surface area contributed by atoms with Crippen LogP contribution in [-0.4, -0.2) is 51.7 Å². The summed E-state index contributed by atoms with van der Waals surface area (Å²) in [5.74, 6) is 1.94. The van der Waals surface area contributed by atoms with Crippen molar-refractivity contribution >= 4 is 11.8 Å². The van der Waals surface area contributed by atoms with Crippen molar-refractivity contribution < 1.29 is 4.74 Å². The SMILES string of the molecule is C=CCn1c(CN(C)CC(C)=CC)nnc1SCC1CCCO1. The van der Waals surface area contributed by atoms with Gasteiger partial charge in [0.25, 0.3) is 0 Å². The lowest BCUT2D eigenvalue weighted by molar-refractivity contribution is 0.129. The number of ether oxygens (including phenoxy) is 1. The molecule has 1 aromatic heterocycles. The molecule has 1 aliphatic rings. The summed E-state index contributed by atoms with van der Waals surface area (Å²) in [6, 6.07) is 0. The summed E-state index contributed by atoms with van der Waals surface area (Å²) in [4.78, 5) is 2.26. The van der Waals surface area contributed by atoms with Crippen molar-refractivity contribution in [2.75, 3.05) is 26.0 Å². The van der Waals surface area contributed by atoms with Gasteiger partial charge in [-0.3, -0.25) is 4.90 Å². The molecule has 6 heteroatoms. The highest BCUT2D eigenvalue weighted by Gasteiger charge is 2.19. The highest BCUT2D eigenvalue weighted by molar-refractivity contribution is 7.99. The first kappa shape index (κ1) is 18.2. The zero-order valence-corrected chi connectivity index (χ0v) is 15.3. The summed E-state index contributed by atoms with van der Waals surface area (Å²) in [6.07, 6.45) is 6.73. The second kappa shape index (κ2) is 9.25. The molecule has 1 aliphatic heterocycles. The molecule has 0 radical (unpaired) electrons. The van der Waals surface area contributed by atoms with Crippen molar-refractivity contribution in [2.24, 2.45) is 0 Å². The molecule has 1 saturated heterocycles. The maximum absolute atomic E-state index is 5.69. The summed E-state index contributed by atoms with van der Waals surface area (Å²) in [7, 11) is 2.11. The number of likely N-dealkylation sites (N-methyl/N-ethyl adjacent to an activating group) is 1. The first-order chi connectivity index (χ1) is 11.1. The average molecular weight is 337 g/mol. The Morgan fingerprint density at radius 1 is 1.52 bits per heavy atom. The maximum atomic E-state index is 5.69. The van der Waals surface area contributed by atoms with Gasteiger partial charge in [-0.05, 0) is 33.7 Å². The third kappa shape index (κ3) is 5.48. The Morgan fingerprint density at radius 2 is 2.35 bits per heavy atom. The van der Waals surface area contributed by atoms with Gasteiger partial charge in [-0.1, -0.05) is 29.5 Å². The summed E-state index contributed by atoms with van der Waals surface area (Å²) in [5, 5.41) is 9.74. The lowest BCUT2D eigenvalue weighted by atomic mass is 10.3. The van der Waals surface area contributed by atoms with Gasteiger partial charge < -0.3 is 9.30 Å². The second-order valence-corrected chi connectivity index (χ2v) is 7.04. The molecule has 0 aliphatic carbocycles. The summed E-state index contributed by atoms with van der Waals surface area (Å²) < 4.78 is 7.85. The van der Waals surface area contributed by atoms with Crippen molar-refractivity contribution in [3.05, 3.63) is 30.1 Å². The third-order valence-electron chi connectivity index (χ3n) is 3.95. The van der Waals surface area contributed by atoms with Crippen molar-refractivity contribution in [3.63, 3.8) is 0 Å². The molecule has 0 N–H and O–H groups in total. The minimum absolute atomic E-state index is 0.359. The monoisotopic (exact) mass is 336 g/mol. The molecule has 1 atom stereocenters. The van der Waals surface area contributed by atoms with Gasteiger partial charge in [0, 0.05) is 25.4 Å². The topological polar surface area (TPSA) is 43.2 Å². The van der Waals surface area contributed by atoms with E-state index in [1.54, 1.807) is 11.8 Å². The second-order valence-electron chi connectivity index (χ2n) is 6.05. The first-order valence-corrected chi connectivity index (χ1v) is 9.20. The van der Waals surface area contributed by atoms with Crippen LogP contribution in [0, 0.1) is 0 Å². The standard InChI is InChI=1S/C17H28N4OS/c1-5-9-21-16(12-20(4)11-14(3)6-2)18-19-17(21)23-13-15-8-7-10-22-15/h5-6,15H,1,7-13H2,2-4H3. The number of aromatic nitrogens is 3. The number of nitrogens with zero attached hydrogens (tertiary/aromatic N) is 4. The molecule has 0 bridgehead atoms. The van der Waals surface area contributed by atoms with E-state index in [4.69, 9.17) is 4.74 Å². The number of rotatable bonds is 9. The Kier molecular flexibility index (Phi) is 7.33. The van der Waals surface area contributed by atoms with E-state index in [0.717, 1.165) is 49.4 Å². The highest BCUT2D eigenvalue weighted by atomic mass is 32.2. The van der Waals surface area contributed by atoms with Crippen molar-refractivity contribution in [2.45, 2.75) is 51.0 Å². The molecule has 1 unspecified atom stereocenters. The van der Waals surface area contributed by atoms with Gasteiger partial charge in [0.2, 0.25) is 0 Å². The fourth-order valence-electron chi connectivity index (χ4n) is 2.61. The van der Waals surface area contributed by atoms with E-state index in [2.05, 4.69) is 53.2 Å². The predicted octanol–water partition coefficient (Wildman–Crippen LogP) is 3.13. The van der Waals surface area contributed by atoms with Crippen LogP contribution in [-0.2, 0) is 17.8 Å². The average Bonchev–Trinajstić information content (AvgIpc) is 3.16. The van der Waals surface area contributed by atoms with E-state index in [-0.39, 0.29) is 0 Å². The predicted molar refractivity (Wildman–Crippen MR) is 95.7 cm³/mol. The molecule has 0 aromatic carbocycles. The number of hydrogen-bond donors (Lipinski definition) is 0. The summed E-state index contributed by atoms with van der Waals surface area (Å²) >= 11 is 1.74. The molecule has 2 rings (SSSR count).